The molecule has 0 aromatic carbocycles. The summed E-state index contributed by atoms with van der Waals surface area (Å²) in [4.78, 5) is 32.4. The number of carbonyl (C=O) groups excluding carboxylic acids is 1. The topological polar surface area (TPSA) is 78.1 Å². The van der Waals surface area contributed by atoms with Crippen LogP contribution in [-0.4, -0.2) is 40.4 Å². The van der Waals surface area contributed by atoms with Crippen LogP contribution in [-0.2, 0) is 4.79 Å². The highest BCUT2D eigenvalue weighted by Crippen LogP contribution is 2.10. The van der Waals surface area contributed by atoms with Gasteiger partial charge in [0.05, 0.1) is 6.54 Å². The van der Waals surface area contributed by atoms with Crippen LogP contribution in [0.3, 0.4) is 0 Å². The normalized spacial score (nSPS) is 15.4. The zero-order valence-electron chi connectivity index (χ0n) is 12.1. The summed E-state index contributed by atoms with van der Waals surface area (Å²) in [5, 5.41) is 2.96. The van der Waals surface area contributed by atoms with Crippen LogP contribution in [0.4, 0.5) is 5.82 Å². The molecule has 0 saturated carbocycles. The lowest BCUT2D eigenvalue weighted by atomic mass is 10.1. The first-order valence-electron chi connectivity index (χ1n) is 7.19. The Morgan fingerprint density at radius 1 is 1.40 bits per heavy atom. The molecule has 110 valence electrons. The van der Waals surface area contributed by atoms with E-state index in [4.69, 9.17) is 0 Å². The van der Waals surface area contributed by atoms with E-state index in [1.54, 1.807) is 0 Å². The third-order valence-corrected chi connectivity index (χ3v) is 3.44. The number of aromatic nitrogens is 2. The number of aromatic amines is 1. The van der Waals surface area contributed by atoms with Crippen molar-refractivity contribution < 1.29 is 4.79 Å². The van der Waals surface area contributed by atoms with Gasteiger partial charge in [0.25, 0.3) is 5.56 Å². The Labute approximate surface area is 118 Å². The predicted molar refractivity (Wildman–Crippen MR) is 77.9 cm³/mol. The average molecular weight is 278 g/mol. The summed E-state index contributed by atoms with van der Waals surface area (Å²) in [7, 11) is 0. The number of rotatable bonds is 4. The molecule has 2 heterocycles. The number of anilines is 1. The molecule has 0 spiro atoms. The first kappa shape index (κ1) is 14.6. The molecule has 0 aliphatic carbocycles. The van der Waals surface area contributed by atoms with E-state index in [1.165, 1.54) is 12.5 Å². The van der Waals surface area contributed by atoms with Crippen molar-refractivity contribution in [1.82, 2.24) is 14.9 Å². The van der Waals surface area contributed by atoms with Crippen molar-refractivity contribution in [2.75, 3.05) is 25.0 Å². The minimum atomic E-state index is -0.198. The monoisotopic (exact) mass is 278 g/mol. The van der Waals surface area contributed by atoms with Gasteiger partial charge < -0.3 is 15.2 Å². The van der Waals surface area contributed by atoms with Crippen molar-refractivity contribution in [1.29, 1.82) is 0 Å². The minimum Gasteiger partial charge on any atom is -0.361 e. The number of piperidine rings is 1. The van der Waals surface area contributed by atoms with Crippen LogP contribution < -0.4 is 10.9 Å². The quantitative estimate of drug-likeness (QED) is 0.870. The van der Waals surface area contributed by atoms with Gasteiger partial charge in [0.2, 0.25) is 5.91 Å². The van der Waals surface area contributed by atoms with Crippen LogP contribution in [0, 0.1) is 0 Å². The average Bonchev–Trinajstić information content (AvgIpc) is 2.45. The Kier molecular flexibility index (Phi) is 4.76. The van der Waals surface area contributed by atoms with E-state index in [0.29, 0.717) is 11.6 Å². The summed E-state index contributed by atoms with van der Waals surface area (Å²) in [5.41, 5.74) is -0.198. The van der Waals surface area contributed by atoms with Gasteiger partial charge in [-0.1, -0.05) is 13.8 Å². The Balaban J connectivity index is 1.96. The van der Waals surface area contributed by atoms with E-state index in [1.807, 2.05) is 18.7 Å². The third-order valence-electron chi connectivity index (χ3n) is 3.44. The molecule has 1 aromatic rings. The SMILES string of the molecule is CC(C)c1nc(NCC(=O)N2CCCCC2)cc(=O)[nH]1. The number of carbonyl (C=O) groups is 1. The van der Waals surface area contributed by atoms with E-state index in [2.05, 4.69) is 15.3 Å². The van der Waals surface area contributed by atoms with Gasteiger partial charge in [-0.15, -0.1) is 0 Å². The molecule has 0 radical (unpaired) electrons. The summed E-state index contributed by atoms with van der Waals surface area (Å²) in [6.07, 6.45) is 3.35. The lowest BCUT2D eigenvalue weighted by Gasteiger charge is -2.26. The van der Waals surface area contributed by atoms with Gasteiger partial charge in [0.15, 0.2) is 0 Å². The molecule has 0 atom stereocenters. The van der Waals surface area contributed by atoms with Gasteiger partial charge in [-0.2, -0.15) is 0 Å². The van der Waals surface area contributed by atoms with Crippen LogP contribution in [0.2, 0.25) is 0 Å². The summed E-state index contributed by atoms with van der Waals surface area (Å²) in [6, 6.07) is 1.38. The van der Waals surface area contributed by atoms with Gasteiger partial charge in [-0.25, -0.2) is 4.98 Å². The highest BCUT2D eigenvalue weighted by molar-refractivity contribution is 5.80. The summed E-state index contributed by atoms with van der Waals surface area (Å²) in [6.45, 7) is 5.77. The molecular formula is C14H22N4O2. The number of hydrogen-bond acceptors (Lipinski definition) is 4. The van der Waals surface area contributed by atoms with Crippen molar-refractivity contribution in [2.24, 2.45) is 0 Å². The maximum absolute atomic E-state index is 12.0. The zero-order valence-corrected chi connectivity index (χ0v) is 12.1. The van der Waals surface area contributed by atoms with Gasteiger partial charge >= 0.3 is 0 Å². The first-order valence-corrected chi connectivity index (χ1v) is 7.19. The van der Waals surface area contributed by atoms with E-state index in [0.717, 1.165) is 25.9 Å². The van der Waals surface area contributed by atoms with E-state index < -0.39 is 0 Å². The molecule has 1 aromatic heterocycles. The highest BCUT2D eigenvalue weighted by atomic mass is 16.2. The number of nitrogens with one attached hydrogen (secondary N) is 2. The van der Waals surface area contributed by atoms with Crippen molar-refractivity contribution in [3.05, 3.63) is 22.2 Å². The molecule has 1 fully saturated rings. The third kappa shape index (κ3) is 3.82. The Bertz CT molecular complexity index is 518. The van der Waals surface area contributed by atoms with Crippen LogP contribution in [0.5, 0.6) is 0 Å². The fourth-order valence-corrected chi connectivity index (χ4v) is 2.26. The second-order valence-electron chi connectivity index (χ2n) is 5.47. The number of likely N-dealkylation sites (tertiary alicyclic amines) is 1. The largest absolute Gasteiger partial charge is 0.361 e. The fraction of sp³-hybridized carbons (Fsp3) is 0.643. The molecule has 0 unspecified atom stereocenters. The van der Waals surface area contributed by atoms with Crippen LogP contribution >= 0.6 is 0 Å². The Morgan fingerprint density at radius 3 is 2.75 bits per heavy atom. The molecule has 2 rings (SSSR count). The lowest BCUT2D eigenvalue weighted by Crippen LogP contribution is -2.39. The maximum atomic E-state index is 12.0. The molecule has 1 aliphatic rings. The standard InChI is InChI=1S/C14H22N4O2/c1-10(2)14-16-11(8-12(19)17-14)15-9-13(20)18-6-4-3-5-7-18/h8,10H,3-7,9H2,1-2H3,(H2,15,16,17,19). The second kappa shape index (κ2) is 6.54. The Morgan fingerprint density at radius 2 is 2.10 bits per heavy atom. The summed E-state index contributed by atoms with van der Waals surface area (Å²) < 4.78 is 0. The molecule has 1 aliphatic heterocycles. The molecular weight excluding hydrogens is 256 g/mol. The Hall–Kier alpha value is -1.85. The molecule has 6 heteroatoms. The predicted octanol–water partition coefficient (Wildman–Crippen LogP) is 1.32. The van der Waals surface area contributed by atoms with Crippen molar-refractivity contribution >= 4 is 11.7 Å². The maximum Gasteiger partial charge on any atom is 0.252 e. The van der Waals surface area contributed by atoms with Gasteiger partial charge in [0, 0.05) is 25.1 Å². The molecule has 6 nitrogen and oxygen atoms in total. The molecule has 0 bridgehead atoms. The smallest absolute Gasteiger partial charge is 0.252 e. The van der Waals surface area contributed by atoms with E-state index in [9.17, 15) is 9.59 Å². The number of amides is 1. The van der Waals surface area contributed by atoms with E-state index in [-0.39, 0.29) is 23.9 Å². The van der Waals surface area contributed by atoms with Crippen LogP contribution in [0.25, 0.3) is 0 Å². The number of nitrogens with zero attached hydrogens (tertiary/aromatic N) is 2. The highest BCUT2D eigenvalue weighted by Gasteiger charge is 2.16. The summed E-state index contributed by atoms with van der Waals surface area (Å²) in [5.74, 6) is 1.30. The van der Waals surface area contributed by atoms with Crippen molar-refractivity contribution in [2.45, 2.75) is 39.0 Å². The zero-order chi connectivity index (χ0) is 14.5. The molecule has 1 saturated heterocycles. The van der Waals surface area contributed by atoms with Gasteiger partial charge in [0.1, 0.15) is 11.6 Å². The summed E-state index contributed by atoms with van der Waals surface area (Å²) >= 11 is 0. The lowest BCUT2D eigenvalue weighted by molar-refractivity contribution is -0.130. The first-order chi connectivity index (χ1) is 9.56. The number of H-pyrrole nitrogens is 1. The van der Waals surface area contributed by atoms with Crippen molar-refractivity contribution in [3.8, 4) is 0 Å². The number of hydrogen-bond donors (Lipinski definition) is 2. The van der Waals surface area contributed by atoms with Gasteiger partial charge in [-0.3, -0.25) is 9.59 Å². The van der Waals surface area contributed by atoms with Crippen LogP contribution in [0.15, 0.2) is 10.9 Å². The van der Waals surface area contributed by atoms with Gasteiger partial charge in [-0.05, 0) is 19.3 Å². The molecule has 1 amide bonds. The van der Waals surface area contributed by atoms with Crippen LogP contribution in [0.1, 0.15) is 44.9 Å². The minimum absolute atomic E-state index is 0.0675. The van der Waals surface area contributed by atoms with E-state index >= 15 is 0 Å². The molecule has 20 heavy (non-hydrogen) atoms. The fourth-order valence-electron chi connectivity index (χ4n) is 2.26. The second-order valence-corrected chi connectivity index (χ2v) is 5.47. The van der Waals surface area contributed by atoms with Crippen molar-refractivity contribution in [3.63, 3.8) is 0 Å². The molecule has 2 N–H and O–H groups in total.